The summed E-state index contributed by atoms with van der Waals surface area (Å²) < 4.78 is 0. The first kappa shape index (κ1) is 11.6. The van der Waals surface area contributed by atoms with Crippen molar-refractivity contribution in [2.75, 3.05) is 7.05 Å². The number of likely N-dealkylation sites (tertiary alicyclic amines) is 1. The Bertz CT molecular complexity index is 419. The standard InChI is InChI=1S/C10H12N2O5/c1-12-7(13)3-6(9(12)15)11-8(14)4-2-5(4)10(16)17/h4-6H,2-3H2,1H3,(H,11,14)(H,16,17)/t4-,5+,6?/m1/s1. The van der Waals surface area contributed by atoms with Crippen LogP contribution in [0.3, 0.4) is 0 Å². The fraction of sp³-hybridized carbons (Fsp3) is 0.600. The number of nitrogens with zero attached hydrogens (tertiary/aromatic N) is 1. The molecule has 1 aliphatic heterocycles. The highest BCUT2D eigenvalue weighted by Crippen LogP contribution is 2.38. The van der Waals surface area contributed by atoms with Crippen molar-refractivity contribution in [3.8, 4) is 0 Å². The van der Waals surface area contributed by atoms with Crippen molar-refractivity contribution in [2.24, 2.45) is 11.8 Å². The summed E-state index contributed by atoms with van der Waals surface area (Å²) in [7, 11) is 1.36. The zero-order valence-corrected chi connectivity index (χ0v) is 9.17. The van der Waals surface area contributed by atoms with E-state index in [1.165, 1.54) is 7.05 Å². The molecule has 2 N–H and O–H groups in total. The second kappa shape index (κ2) is 3.83. The Kier molecular flexibility index (Phi) is 2.60. The maximum atomic E-state index is 11.6. The summed E-state index contributed by atoms with van der Waals surface area (Å²) in [5.41, 5.74) is 0. The van der Waals surface area contributed by atoms with Gasteiger partial charge in [-0.15, -0.1) is 0 Å². The van der Waals surface area contributed by atoms with Crippen LogP contribution in [0.15, 0.2) is 0 Å². The van der Waals surface area contributed by atoms with E-state index in [4.69, 9.17) is 5.11 Å². The van der Waals surface area contributed by atoms with Gasteiger partial charge >= 0.3 is 5.97 Å². The molecule has 0 bridgehead atoms. The molecular weight excluding hydrogens is 228 g/mol. The van der Waals surface area contributed by atoms with Gasteiger partial charge in [-0.1, -0.05) is 0 Å². The Morgan fingerprint density at radius 2 is 2.00 bits per heavy atom. The second-order valence-corrected chi connectivity index (χ2v) is 4.34. The summed E-state index contributed by atoms with van der Waals surface area (Å²) in [4.78, 5) is 45.8. The Balaban J connectivity index is 1.91. The molecule has 0 spiro atoms. The molecule has 2 aliphatic rings. The fourth-order valence-corrected chi connectivity index (χ4v) is 1.90. The quantitative estimate of drug-likeness (QED) is 0.589. The van der Waals surface area contributed by atoms with Crippen LogP contribution in [0.5, 0.6) is 0 Å². The summed E-state index contributed by atoms with van der Waals surface area (Å²) in [6.45, 7) is 0. The number of rotatable bonds is 3. The molecule has 7 nitrogen and oxygen atoms in total. The number of amides is 3. The number of aliphatic carboxylic acids is 1. The molecular formula is C10H12N2O5. The van der Waals surface area contributed by atoms with E-state index < -0.39 is 35.7 Å². The van der Waals surface area contributed by atoms with Gasteiger partial charge in [0.05, 0.1) is 18.3 Å². The Morgan fingerprint density at radius 3 is 2.41 bits per heavy atom. The van der Waals surface area contributed by atoms with E-state index in [-0.39, 0.29) is 12.3 Å². The molecule has 0 aromatic rings. The minimum absolute atomic E-state index is 0.0501. The van der Waals surface area contributed by atoms with Gasteiger partial charge in [0.1, 0.15) is 6.04 Å². The first-order chi connectivity index (χ1) is 7.91. The van der Waals surface area contributed by atoms with Crippen LogP contribution in [0, 0.1) is 11.8 Å². The van der Waals surface area contributed by atoms with Crippen molar-refractivity contribution in [1.82, 2.24) is 10.2 Å². The average molecular weight is 240 g/mol. The summed E-state index contributed by atoms with van der Waals surface area (Å²) in [6.07, 6.45) is 0.247. The zero-order valence-electron chi connectivity index (χ0n) is 9.17. The Hall–Kier alpha value is -1.92. The number of hydrogen-bond donors (Lipinski definition) is 2. The molecule has 2 fully saturated rings. The number of carboxylic acid groups (broad SMARTS) is 1. The van der Waals surface area contributed by atoms with Crippen molar-refractivity contribution >= 4 is 23.7 Å². The number of hydrogen-bond acceptors (Lipinski definition) is 4. The van der Waals surface area contributed by atoms with E-state index in [9.17, 15) is 19.2 Å². The molecule has 0 radical (unpaired) electrons. The van der Waals surface area contributed by atoms with Crippen LogP contribution in [0.4, 0.5) is 0 Å². The number of nitrogens with one attached hydrogen (secondary N) is 1. The molecule has 0 aromatic carbocycles. The lowest BCUT2D eigenvalue weighted by Gasteiger charge is -2.10. The van der Waals surface area contributed by atoms with Crippen LogP contribution in [-0.4, -0.2) is 46.8 Å². The van der Waals surface area contributed by atoms with Gasteiger partial charge in [0.2, 0.25) is 11.8 Å². The first-order valence-electron chi connectivity index (χ1n) is 5.25. The zero-order chi connectivity index (χ0) is 12.7. The monoisotopic (exact) mass is 240 g/mol. The largest absolute Gasteiger partial charge is 0.481 e. The number of carboxylic acids is 1. The first-order valence-corrected chi connectivity index (χ1v) is 5.25. The lowest BCUT2D eigenvalue weighted by Crippen LogP contribution is -2.41. The van der Waals surface area contributed by atoms with E-state index in [2.05, 4.69) is 5.32 Å². The molecule has 92 valence electrons. The van der Waals surface area contributed by atoms with Gasteiger partial charge in [0.15, 0.2) is 0 Å². The normalized spacial score (nSPS) is 31.6. The highest BCUT2D eigenvalue weighted by atomic mass is 16.4. The smallest absolute Gasteiger partial charge is 0.307 e. The van der Waals surface area contributed by atoms with E-state index in [0.717, 1.165) is 4.90 Å². The second-order valence-electron chi connectivity index (χ2n) is 4.34. The van der Waals surface area contributed by atoms with Crippen molar-refractivity contribution in [3.05, 3.63) is 0 Å². The molecule has 3 atom stereocenters. The summed E-state index contributed by atoms with van der Waals surface area (Å²) >= 11 is 0. The topological polar surface area (TPSA) is 104 Å². The summed E-state index contributed by atoms with van der Waals surface area (Å²) in [5, 5.41) is 11.1. The van der Waals surface area contributed by atoms with E-state index in [1.807, 2.05) is 0 Å². The molecule has 0 aromatic heterocycles. The minimum atomic E-state index is -1.00. The average Bonchev–Trinajstić information content (AvgIpc) is 3.01. The van der Waals surface area contributed by atoms with Crippen LogP contribution < -0.4 is 5.32 Å². The van der Waals surface area contributed by atoms with E-state index in [1.54, 1.807) is 0 Å². The van der Waals surface area contributed by atoms with Crippen LogP contribution in [0.1, 0.15) is 12.8 Å². The Labute approximate surface area is 96.8 Å². The van der Waals surface area contributed by atoms with Gasteiger partial charge in [0, 0.05) is 7.05 Å². The molecule has 1 saturated heterocycles. The summed E-state index contributed by atoms with van der Waals surface area (Å²) in [5.74, 6) is -3.47. The van der Waals surface area contributed by atoms with Gasteiger partial charge in [-0.2, -0.15) is 0 Å². The predicted octanol–water partition coefficient (Wildman–Crippen LogP) is -1.42. The van der Waals surface area contributed by atoms with Crippen LogP contribution in [0.2, 0.25) is 0 Å². The van der Waals surface area contributed by atoms with E-state index >= 15 is 0 Å². The number of likely N-dealkylation sites (N-methyl/N-ethyl adjacent to an activating group) is 1. The van der Waals surface area contributed by atoms with Crippen molar-refractivity contribution in [1.29, 1.82) is 0 Å². The maximum absolute atomic E-state index is 11.6. The molecule has 1 aliphatic carbocycles. The number of carbonyl (C=O) groups is 4. The van der Waals surface area contributed by atoms with E-state index in [0.29, 0.717) is 6.42 Å². The van der Waals surface area contributed by atoms with Gasteiger partial charge in [-0.25, -0.2) is 0 Å². The molecule has 2 rings (SSSR count). The van der Waals surface area contributed by atoms with Gasteiger partial charge in [-0.05, 0) is 6.42 Å². The highest BCUT2D eigenvalue weighted by Gasteiger charge is 2.49. The lowest BCUT2D eigenvalue weighted by atomic mass is 10.2. The third-order valence-corrected chi connectivity index (χ3v) is 3.14. The predicted molar refractivity (Wildman–Crippen MR) is 53.6 cm³/mol. The SMILES string of the molecule is CN1C(=O)CC(NC(=O)[C@@H]2C[C@@H]2C(=O)O)C1=O. The highest BCUT2D eigenvalue weighted by molar-refractivity contribution is 6.07. The van der Waals surface area contributed by atoms with Crippen molar-refractivity contribution in [3.63, 3.8) is 0 Å². The number of imide groups is 1. The molecule has 17 heavy (non-hydrogen) atoms. The fourth-order valence-electron chi connectivity index (χ4n) is 1.90. The summed E-state index contributed by atoms with van der Waals surface area (Å²) in [6, 6.07) is -0.838. The molecule has 1 heterocycles. The third-order valence-electron chi connectivity index (χ3n) is 3.14. The minimum Gasteiger partial charge on any atom is -0.481 e. The molecule has 3 amide bonds. The van der Waals surface area contributed by atoms with Gasteiger partial charge in [0.25, 0.3) is 5.91 Å². The maximum Gasteiger partial charge on any atom is 0.307 e. The number of carbonyl (C=O) groups excluding carboxylic acids is 3. The van der Waals surface area contributed by atoms with Crippen LogP contribution in [-0.2, 0) is 19.2 Å². The Morgan fingerprint density at radius 1 is 1.35 bits per heavy atom. The van der Waals surface area contributed by atoms with Crippen LogP contribution >= 0.6 is 0 Å². The third kappa shape index (κ3) is 2.00. The van der Waals surface area contributed by atoms with Gasteiger partial charge < -0.3 is 10.4 Å². The lowest BCUT2D eigenvalue weighted by molar-refractivity contribution is -0.140. The molecule has 1 saturated carbocycles. The van der Waals surface area contributed by atoms with Gasteiger partial charge in [-0.3, -0.25) is 24.1 Å². The van der Waals surface area contributed by atoms with Crippen molar-refractivity contribution < 1.29 is 24.3 Å². The molecule has 1 unspecified atom stereocenters. The molecule has 7 heteroatoms. The van der Waals surface area contributed by atoms with Crippen molar-refractivity contribution in [2.45, 2.75) is 18.9 Å². The van der Waals surface area contributed by atoms with Crippen LogP contribution in [0.25, 0.3) is 0 Å².